The summed E-state index contributed by atoms with van der Waals surface area (Å²) in [4.78, 5) is 13.0. The molecule has 1 aliphatic rings. The van der Waals surface area contributed by atoms with Gasteiger partial charge in [-0.3, -0.25) is 4.79 Å². The number of alkyl halides is 1. The van der Waals surface area contributed by atoms with Crippen LogP contribution in [0.3, 0.4) is 0 Å². The van der Waals surface area contributed by atoms with E-state index in [-0.39, 0.29) is 11.9 Å². The largest absolute Gasteiger partial charge is 0.339 e. The maximum absolute atomic E-state index is 11.7. The van der Waals surface area contributed by atoms with Crippen LogP contribution in [0.1, 0.15) is 19.8 Å². The number of hydrogen-bond donors (Lipinski definition) is 1. The van der Waals surface area contributed by atoms with Gasteiger partial charge in [0.1, 0.15) is 6.67 Å². The number of nitrogens with two attached hydrogens (primary N) is 1. The number of hydrogen-bond acceptors (Lipinski definition) is 3. The Bertz CT molecular complexity index is 265. The lowest BCUT2D eigenvalue weighted by Crippen LogP contribution is -2.42. The van der Waals surface area contributed by atoms with E-state index in [2.05, 4.69) is 0 Å². The Labute approximate surface area is 95.5 Å². The fraction of sp³-hybridized carbons (Fsp3) is 0.636. The van der Waals surface area contributed by atoms with Crippen LogP contribution < -0.4 is 5.73 Å². The topological polar surface area (TPSA) is 70.1 Å². The Morgan fingerprint density at radius 1 is 1.62 bits per heavy atom. The van der Waals surface area contributed by atoms with Crippen molar-refractivity contribution in [1.82, 2.24) is 4.90 Å². The van der Waals surface area contributed by atoms with Crippen molar-refractivity contribution < 1.29 is 9.18 Å². The Hall–Kier alpha value is -1.41. The van der Waals surface area contributed by atoms with Crippen LogP contribution in [0.4, 0.5) is 4.39 Å². The number of rotatable bonds is 2. The molecule has 0 aromatic rings. The molecule has 1 amide bonds. The molecule has 1 rings (SSSR count). The molecule has 0 aromatic heterocycles. The summed E-state index contributed by atoms with van der Waals surface area (Å²) in [6, 6.07) is 1.97. The lowest BCUT2D eigenvalue weighted by molar-refractivity contribution is -0.127. The van der Waals surface area contributed by atoms with E-state index >= 15 is 0 Å². The van der Waals surface area contributed by atoms with E-state index in [0.717, 1.165) is 12.8 Å². The van der Waals surface area contributed by atoms with Gasteiger partial charge >= 0.3 is 0 Å². The molecule has 1 saturated heterocycles. The fourth-order valence-corrected chi connectivity index (χ4v) is 1.37. The molecule has 0 aromatic carbocycles. The van der Waals surface area contributed by atoms with Gasteiger partial charge in [0.2, 0.25) is 5.91 Å². The summed E-state index contributed by atoms with van der Waals surface area (Å²) < 4.78 is 11.7. The van der Waals surface area contributed by atoms with Crippen molar-refractivity contribution in [2.45, 2.75) is 25.8 Å². The molecular formula is C11H18FN3O. The van der Waals surface area contributed by atoms with E-state index in [4.69, 9.17) is 11.0 Å². The third-order valence-electron chi connectivity index (χ3n) is 2.20. The summed E-state index contributed by atoms with van der Waals surface area (Å²) in [5, 5.41) is 7.32. The normalized spacial score (nSPS) is 16.5. The highest BCUT2D eigenvalue weighted by Gasteiger charge is 2.18. The van der Waals surface area contributed by atoms with Gasteiger partial charge < -0.3 is 10.6 Å². The van der Waals surface area contributed by atoms with Crippen LogP contribution in [0.2, 0.25) is 0 Å². The zero-order valence-electron chi connectivity index (χ0n) is 9.53. The minimum Gasteiger partial charge on any atom is -0.339 e. The molecule has 0 bridgehead atoms. The summed E-state index contributed by atoms with van der Waals surface area (Å²) in [7, 11) is 0. The van der Waals surface area contributed by atoms with Gasteiger partial charge in [-0.15, -0.1) is 0 Å². The molecule has 1 aliphatic heterocycles. The number of carbonyl (C=O) groups excluding carboxylic acids is 1. The molecule has 0 radical (unpaired) electrons. The highest BCUT2D eigenvalue weighted by Crippen LogP contribution is 2.08. The first-order valence-corrected chi connectivity index (χ1v) is 5.23. The smallest absolute Gasteiger partial charge is 0.246 e. The summed E-state index contributed by atoms with van der Waals surface area (Å²) in [6.07, 6.45) is 4.21. The molecule has 1 heterocycles. The van der Waals surface area contributed by atoms with Crippen LogP contribution in [0.15, 0.2) is 12.2 Å². The van der Waals surface area contributed by atoms with Gasteiger partial charge in [0, 0.05) is 32.1 Å². The van der Waals surface area contributed by atoms with E-state index in [9.17, 15) is 9.18 Å². The van der Waals surface area contributed by atoms with Gasteiger partial charge in [0.15, 0.2) is 0 Å². The second kappa shape index (κ2) is 8.86. The van der Waals surface area contributed by atoms with Crippen molar-refractivity contribution in [3.05, 3.63) is 12.2 Å². The average molecular weight is 227 g/mol. The SMILES string of the molecule is CC#N.NC1CCN(C(=O)/C=C/CF)CC1. The van der Waals surface area contributed by atoms with Crippen molar-refractivity contribution in [2.75, 3.05) is 19.8 Å². The molecular weight excluding hydrogens is 209 g/mol. The molecule has 0 aliphatic carbocycles. The van der Waals surface area contributed by atoms with Gasteiger partial charge in [-0.2, -0.15) is 5.26 Å². The minimum absolute atomic E-state index is 0.107. The first-order valence-electron chi connectivity index (χ1n) is 5.23. The third kappa shape index (κ3) is 6.14. The Morgan fingerprint density at radius 2 is 2.12 bits per heavy atom. The van der Waals surface area contributed by atoms with Crippen LogP contribution in [0.25, 0.3) is 0 Å². The van der Waals surface area contributed by atoms with Gasteiger partial charge in [0.05, 0.1) is 6.07 Å². The summed E-state index contributed by atoms with van der Waals surface area (Å²) in [6.45, 7) is 2.23. The number of amides is 1. The second-order valence-electron chi connectivity index (χ2n) is 3.44. The fourth-order valence-electron chi connectivity index (χ4n) is 1.37. The van der Waals surface area contributed by atoms with Crippen molar-refractivity contribution in [2.24, 2.45) is 5.73 Å². The molecule has 0 unspecified atom stereocenters. The van der Waals surface area contributed by atoms with Gasteiger partial charge in [0.25, 0.3) is 0 Å². The Balaban J connectivity index is 0.000000673. The lowest BCUT2D eigenvalue weighted by atomic mass is 10.1. The quantitative estimate of drug-likeness (QED) is 0.715. The molecule has 4 nitrogen and oxygen atoms in total. The average Bonchev–Trinajstić information content (AvgIpc) is 2.28. The van der Waals surface area contributed by atoms with Gasteiger partial charge in [-0.1, -0.05) is 0 Å². The maximum Gasteiger partial charge on any atom is 0.246 e. The van der Waals surface area contributed by atoms with E-state index in [1.54, 1.807) is 11.0 Å². The molecule has 0 saturated carbocycles. The second-order valence-corrected chi connectivity index (χ2v) is 3.44. The summed E-state index contributed by atoms with van der Waals surface area (Å²) in [5.74, 6) is -0.107. The molecule has 0 atom stereocenters. The van der Waals surface area contributed by atoms with Crippen LogP contribution in [-0.4, -0.2) is 36.6 Å². The van der Waals surface area contributed by atoms with E-state index in [1.807, 2.05) is 0 Å². The lowest BCUT2D eigenvalue weighted by Gasteiger charge is -2.29. The number of allylic oxidation sites excluding steroid dienone is 1. The highest BCUT2D eigenvalue weighted by molar-refractivity contribution is 5.87. The summed E-state index contributed by atoms with van der Waals surface area (Å²) in [5.41, 5.74) is 5.68. The van der Waals surface area contributed by atoms with Gasteiger partial charge in [-0.25, -0.2) is 4.39 Å². The number of nitriles is 1. The van der Waals surface area contributed by atoms with Crippen LogP contribution >= 0.6 is 0 Å². The van der Waals surface area contributed by atoms with E-state index in [0.29, 0.717) is 13.1 Å². The Morgan fingerprint density at radius 3 is 2.56 bits per heavy atom. The third-order valence-corrected chi connectivity index (χ3v) is 2.20. The van der Waals surface area contributed by atoms with Crippen LogP contribution in [-0.2, 0) is 4.79 Å². The van der Waals surface area contributed by atoms with Crippen molar-refractivity contribution in [3.63, 3.8) is 0 Å². The first-order chi connectivity index (χ1) is 7.65. The number of nitrogens with zero attached hydrogens (tertiary/aromatic N) is 2. The zero-order chi connectivity index (χ0) is 12.4. The summed E-state index contributed by atoms with van der Waals surface area (Å²) >= 11 is 0. The molecule has 90 valence electrons. The maximum atomic E-state index is 11.7. The number of carbonyl (C=O) groups is 1. The highest BCUT2D eigenvalue weighted by atomic mass is 19.1. The van der Waals surface area contributed by atoms with Crippen molar-refractivity contribution in [3.8, 4) is 6.07 Å². The Kier molecular flexibility index (Phi) is 8.08. The molecule has 1 fully saturated rings. The molecule has 2 N–H and O–H groups in total. The van der Waals surface area contributed by atoms with Gasteiger partial charge in [-0.05, 0) is 18.9 Å². The minimum atomic E-state index is -0.584. The zero-order valence-corrected chi connectivity index (χ0v) is 9.53. The molecule has 5 heteroatoms. The van der Waals surface area contributed by atoms with Crippen molar-refractivity contribution >= 4 is 5.91 Å². The number of halogens is 1. The monoisotopic (exact) mass is 227 g/mol. The number of likely N-dealkylation sites (tertiary alicyclic amines) is 1. The van der Waals surface area contributed by atoms with E-state index < -0.39 is 6.67 Å². The molecule has 0 spiro atoms. The predicted molar refractivity (Wildman–Crippen MR) is 60.2 cm³/mol. The predicted octanol–water partition coefficient (Wildman–Crippen LogP) is 0.992. The first kappa shape index (κ1) is 14.6. The van der Waals surface area contributed by atoms with Crippen molar-refractivity contribution in [1.29, 1.82) is 5.26 Å². The standard InChI is InChI=1S/C9H15FN2O.C2H3N/c10-5-1-2-9(13)12-6-3-8(11)4-7-12;1-2-3/h1-2,8H,3-7,11H2;1H3/b2-1+;. The van der Waals surface area contributed by atoms with E-state index in [1.165, 1.54) is 19.1 Å². The van der Waals surface area contributed by atoms with Crippen LogP contribution in [0, 0.1) is 11.3 Å². The number of piperidine rings is 1. The van der Waals surface area contributed by atoms with Crippen LogP contribution in [0.5, 0.6) is 0 Å². The molecule has 16 heavy (non-hydrogen) atoms.